The molecule has 1 aliphatic heterocycles. The van der Waals surface area contributed by atoms with E-state index in [0.717, 1.165) is 18.5 Å². The average molecular weight is 294 g/mol. The summed E-state index contributed by atoms with van der Waals surface area (Å²) in [6.07, 6.45) is 10.9. The minimum absolute atomic E-state index is 0.376. The maximum atomic E-state index is 9.46. The van der Waals surface area contributed by atoms with E-state index in [-0.39, 0.29) is 0 Å². The smallest absolute Gasteiger partial charge is 0.0471 e. The van der Waals surface area contributed by atoms with Gasteiger partial charge in [0.2, 0.25) is 0 Å². The molecule has 3 aliphatic rings. The summed E-state index contributed by atoms with van der Waals surface area (Å²) in [7, 11) is 0. The molecule has 3 fully saturated rings. The molecule has 0 aromatic rings. The maximum absolute atomic E-state index is 9.46. The van der Waals surface area contributed by atoms with Crippen molar-refractivity contribution in [1.29, 1.82) is 0 Å². The molecule has 0 radical (unpaired) electrons. The quantitative estimate of drug-likeness (QED) is 0.790. The monoisotopic (exact) mass is 294 g/mol. The first-order valence-electron chi connectivity index (χ1n) is 9.26. The molecular weight excluding hydrogens is 260 g/mol. The number of rotatable bonds is 6. The summed E-state index contributed by atoms with van der Waals surface area (Å²) >= 11 is 0. The largest absolute Gasteiger partial charge is 0.396 e. The summed E-state index contributed by atoms with van der Waals surface area (Å²) in [5, 5.41) is 13.3. The first kappa shape index (κ1) is 15.8. The zero-order valence-corrected chi connectivity index (χ0v) is 13.8. The number of likely N-dealkylation sites (tertiary alicyclic amines) is 1. The van der Waals surface area contributed by atoms with Gasteiger partial charge in [-0.1, -0.05) is 19.8 Å². The van der Waals surface area contributed by atoms with Crippen LogP contribution in [0.3, 0.4) is 0 Å². The van der Waals surface area contributed by atoms with Crippen molar-refractivity contribution in [2.75, 3.05) is 32.8 Å². The van der Waals surface area contributed by atoms with Gasteiger partial charge in [0.15, 0.2) is 0 Å². The lowest BCUT2D eigenvalue weighted by Crippen LogP contribution is -2.49. The Balaban J connectivity index is 1.57. The van der Waals surface area contributed by atoms with Gasteiger partial charge in [-0.15, -0.1) is 0 Å². The van der Waals surface area contributed by atoms with Crippen LogP contribution >= 0.6 is 0 Å². The highest BCUT2D eigenvalue weighted by molar-refractivity contribution is 4.93. The molecule has 2 aliphatic carbocycles. The van der Waals surface area contributed by atoms with Crippen LogP contribution in [-0.2, 0) is 0 Å². The highest BCUT2D eigenvalue weighted by Crippen LogP contribution is 2.40. The third kappa shape index (κ3) is 4.43. The second-order valence-corrected chi connectivity index (χ2v) is 8.26. The molecule has 3 nitrogen and oxygen atoms in total. The zero-order valence-electron chi connectivity index (χ0n) is 13.8. The van der Waals surface area contributed by atoms with Crippen molar-refractivity contribution >= 4 is 0 Å². The molecule has 3 rings (SSSR count). The summed E-state index contributed by atoms with van der Waals surface area (Å²) < 4.78 is 0. The van der Waals surface area contributed by atoms with Crippen molar-refractivity contribution in [3.63, 3.8) is 0 Å². The van der Waals surface area contributed by atoms with Crippen molar-refractivity contribution in [3.05, 3.63) is 0 Å². The Labute approximate surface area is 130 Å². The molecule has 0 aromatic heterocycles. The van der Waals surface area contributed by atoms with E-state index < -0.39 is 0 Å². The van der Waals surface area contributed by atoms with Gasteiger partial charge in [-0.2, -0.15) is 0 Å². The Bertz CT molecular complexity index is 321. The van der Waals surface area contributed by atoms with Gasteiger partial charge in [-0.25, -0.2) is 0 Å². The van der Waals surface area contributed by atoms with Crippen LogP contribution in [0, 0.1) is 17.3 Å². The predicted octanol–water partition coefficient (Wildman–Crippen LogP) is 2.64. The summed E-state index contributed by atoms with van der Waals surface area (Å²) in [6.45, 7) is 7.65. The van der Waals surface area contributed by atoms with Gasteiger partial charge in [-0.05, 0) is 62.3 Å². The summed E-state index contributed by atoms with van der Waals surface area (Å²) in [4.78, 5) is 2.66. The lowest BCUT2D eigenvalue weighted by atomic mass is 9.70. The fourth-order valence-electron chi connectivity index (χ4n) is 4.33. The number of hydrogen-bond acceptors (Lipinski definition) is 3. The number of piperidine rings is 1. The fourth-order valence-corrected chi connectivity index (χ4v) is 4.33. The number of aliphatic hydroxyl groups excluding tert-OH is 1. The van der Waals surface area contributed by atoms with Crippen molar-refractivity contribution in [1.82, 2.24) is 10.2 Å². The fraction of sp³-hybridized carbons (Fsp3) is 1.00. The van der Waals surface area contributed by atoms with E-state index in [1.807, 2.05) is 0 Å². The van der Waals surface area contributed by atoms with Gasteiger partial charge in [0.25, 0.3) is 0 Å². The number of nitrogens with one attached hydrogen (secondary N) is 1. The minimum Gasteiger partial charge on any atom is -0.396 e. The molecule has 1 unspecified atom stereocenters. The molecule has 3 heteroatoms. The second-order valence-electron chi connectivity index (χ2n) is 8.26. The van der Waals surface area contributed by atoms with E-state index in [9.17, 15) is 5.11 Å². The van der Waals surface area contributed by atoms with Crippen molar-refractivity contribution in [2.24, 2.45) is 17.3 Å². The molecule has 0 aromatic carbocycles. The Morgan fingerprint density at radius 2 is 1.90 bits per heavy atom. The highest BCUT2D eigenvalue weighted by atomic mass is 16.3. The molecule has 2 N–H and O–H groups in total. The third-order valence-corrected chi connectivity index (χ3v) is 6.10. The van der Waals surface area contributed by atoms with E-state index in [2.05, 4.69) is 17.1 Å². The van der Waals surface area contributed by atoms with Crippen LogP contribution in [0.2, 0.25) is 0 Å². The highest BCUT2D eigenvalue weighted by Gasteiger charge is 2.38. The molecule has 1 atom stereocenters. The third-order valence-electron chi connectivity index (χ3n) is 6.10. The standard InChI is InChI=1S/C18H34N2O/c1-15-6-8-18(9-7-15,13-19-17-4-5-17)14-20-10-2-3-16(11-20)12-21/h15-17,19,21H,2-14H2,1H3. The van der Waals surface area contributed by atoms with E-state index in [0.29, 0.717) is 17.9 Å². The zero-order chi connectivity index (χ0) is 14.7. The van der Waals surface area contributed by atoms with Gasteiger partial charge >= 0.3 is 0 Å². The van der Waals surface area contributed by atoms with Crippen molar-refractivity contribution < 1.29 is 5.11 Å². The van der Waals surface area contributed by atoms with Crippen LogP contribution in [0.1, 0.15) is 58.3 Å². The molecule has 0 amide bonds. The Morgan fingerprint density at radius 3 is 2.57 bits per heavy atom. The molecule has 1 heterocycles. The first-order valence-corrected chi connectivity index (χ1v) is 9.26. The molecule has 122 valence electrons. The van der Waals surface area contributed by atoms with Crippen molar-refractivity contribution in [3.8, 4) is 0 Å². The molecule has 0 bridgehead atoms. The molecule has 2 saturated carbocycles. The van der Waals surface area contributed by atoms with Crippen LogP contribution in [0.15, 0.2) is 0 Å². The number of nitrogens with zero attached hydrogens (tertiary/aromatic N) is 1. The lowest BCUT2D eigenvalue weighted by Gasteiger charge is -2.45. The molecular formula is C18H34N2O. The number of hydrogen-bond donors (Lipinski definition) is 2. The Hall–Kier alpha value is -0.120. The Morgan fingerprint density at radius 1 is 1.14 bits per heavy atom. The van der Waals surface area contributed by atoms with Crippen LogP contribution in [0.5, 0.6) is 0 Å². The topological polar surface area (TPSA) is 35.5 Å². The average Bonchev–Trinajstić information content (AvgIpc) is 3.33. The SMILES string of the molecule is CC1CCC(CNC2CC2)(CN2CCCC(CO)C2)CC1. The molecule has 21 heavy (non-hydrogen) atoms. The van der Waals surface area contributed by atoms with Gasteiger partial charge in [-0.3, -0.25) is 0 Å². The van der Waals surface area contributed by atoms with Crippen LogP contribution in [0.25, 0.3) is 0 Å². The predicted molar refractivity (Wildman–Crippen MR) is 87.3 cm³/mol. The minimum atomic E-state index is 0.376. The van der Waals surface area contributed by atoms with E-state index >= 15 is 0 Å². The Kier molecular flexibility index (Phi) is 5.23. The molecule has 1 saturated heterocycles. The van der Waals surface area contributed by atoms with Crippen LogP contribution < -0.4 is 5.32 Å². The summed E-state index contributed by atoms with van der Waals surface area (Å²) in [5.41, 5.74) is 0.506. The number of aliphatic hydroxyl groups is 1. The van der Waals surface area contributed by atoms with E-state index in [4.69, 9.17) is 0 Å². The van der Waals surface area contributed by atoms with Gasteiger partial charge < -0.3 is 15.3 Å². The van der Waals surface area contributed by atoms with Gasteiger partial charge in [0, 0.05) is 32.3 Å². The maximum Gasteiger partial charge on any atom is 0.0471 e. The summed E-state index contributed by atoms with van der Waals surface area (Å²) in [5.74, 6) is 1.44. The van der Waals surface area contributed by atoms with Gasteiger partial charge in [0.1, 0.15) is 0 Å². The van der Waals surface area contributed by atoms with Gasteiger partial charge in [0.05, 0.1) is 0 Å². The lowest BCUT2D eigenvalue weighted by molar-refractivity contribution is 0.0492. The second kappa shape index (κ2) is 6.97. The van der Waals surface area contributed by atoms with Crippen LogP contribution in [-0.4, -0.2) is 48.8 Å². The normalized spacial score (nSPS) is 38.6. The summed E-state index contributed by atoms with van der Waals surface area (Å²) in [6, 6.07) is 0.827. The van der Waals surface area contributed by atoms with Crippen LogP contribution in [0.4, 0.5) is 0 Å². The van der Waals surface area contributed by atoms with Crippen molar-refractivity contribution in [2.45, 2.75) is 64.3 Å². The van der Waals surface area contributed by atoms with E-state index in [1.54, 1.807) is 0 Å². The molecule has 0 spiro atoms. The van der Waals surface area contributed by atoms with E-state index in [1.165, 1.54) is 71.0 Å². The first-order chi connectivity index (χ1) is 10.2.